The van der Waals surface area contributed by atoms with Gasteiger partial charge >= 0.3 is 0 Å². The van der Waals surface area contributed by atoms with Crippen LogP contribution in [-0.4, -0.2) is 47.6 Å². The van der Waals surface area contributed by atoms with Crippen LogP contribution in [0, 0.1) is 0 Å². The third-order valence-corrected chi connectivity index (χ3v) is 5.48. The van der Waals surface area contributed by atoms with Crippen molar-refractivity contribution in [3.63, 3.8) is 0 Å². The van der Waals surface area contributed by atoms with Crippen LogP contribution in [-0.2, 0) is 0 Å². The summed E-state index contributed by atoms with van der Waals surface area (Å²) in [5.41, 5.74) is 0. The second kappa shape index (κ2) is 5.74. The fraction of sp³-hybridized carbons (Fsp3) is 1.00. The lowest BCUT2D eigenvalue weighted by atomic mass is 10.1. The minimum absolute atomic E-state index is 0.687. The molecule has 1 aliphatic carbocycles. The Morgan fingerprint density at radius 3 is 2.75 bits per heavy atom. The Morgan fingerprint density at radius 1 is 1.38 bits per heavy atom. The first-order valence-corrected chi connectivity index (χ1v) is 7.80. The van der Waals surface area contributed by atoms with Crippen LogP contribution >= 0.6 is 11.8 Å². The van der Waals surface area contributed by atoms with E-state index in [4.69, 9.17) is 0 Å². The lowest BCUT2D eigenvalue weighted by Gasteiger charge is -2.32. The van der Waals surface area contributed by atoms with Crippen molar-refractivity contribution in [3.8, 4) is 0 Å². The zero-order chi connectivity index (χ0) is 11.5. The first-order chi connectivity index (χ1) is 7.68. The molecule has 3 unspecified atom stereocenters. The molecular weight excluding hydrogens is 216 g/mol. The summed E-state index contributed by atoms with van der Waals surface area (Å²) in [7, 11) is 2.28. The quantitative estimate of drug-likeness (QED) is 0.797. The highest BCUT2D eigenvalue weighted by molar-refractivity contribution is 7.99. The van der Waals surface area contributed by atoms with Gasteiger partial charge in [0.05, 0.1) is 0 Å². The molecule has 16 heavy (non-hydrogen) atoms. The van der Waals surface area contributed by atoms with Crippen molar-refractivity contribution in [1.82, 2.24) is 10.2 Å². The SMILES string of the molecule is CC1SCCCC1NCC(C)N(C)C1CC1. The van der Waals surface area contributed by atoms with E-state index in [0.717, 1.165) is 23.9 Å². The molecule has 1 N–H and O–H groups in total. The predicted octanol–water partition coefficient (Wildman–Crippen LogP) is 2.34. The first-order valence-electron chi connectivity index (χ1n) is 6.75. The summed E-state index contributed by atoms with van der Waals surface area (Å²) in [6.45, 7) is 5.88. The number of nitrogens with one attached hydrogen (secondary N) is 1. The Kier molecular flexibility index (Phi) is 4.57. The standard InChI is InChI=1S/C13H26N2S/c1-10(15(3)12-6-7-12)9-14-13-5-4-8-16-11(13)2/h10-14H,4-9H2,1-3H3. The highest BCUT2D eigenvalue weighted by Crippen LogP contribution is 2.27. The van der Waals surface area contributed by atoms with Gasteiger partial charge in [-0.25, -0.2) is 0 Å². The van der Waals surface area contributed by atoms with E-state index in [1.807, 2.05) is 0 Å². The number of thioether (sulfide) groups is 1. The maximum atomic E-state index is 3.77. The third kappa shape index (κ3) is 3.38. The average molecular weight is 242 g/mol. The van der Waals surface area contributed by atoms with Crippen molar-refractivity contribution >= 4 is 11.8 Å². The van der Waals surface area contributed by atoms with Gasteiger partial charge in [-0.1, -0.05) is 6.92 Å². The molecule has 0 aromatic rings. The van der Waals surface area contributed by atoms with Crippen LogP contribution in [0.4, 0.5) is 0 Å². The molecule has 3 atom stereocenters. The molecular formula is C13H26N2S. The highest BCUT2D eigenvalue weighted by Gasteiger charge is 2.29. The average Bonchev–Trinajstić information content (AvgIpc) is 3.10. The van der Waals surface area contributed by atoms with Gasteiger partial charge in [0.2, 0.25) is 0 Å². The molecule has 0 bridgehead atoms. The molecule has 2 fully saturated rings. The molecule has 3 heteroatoms. The van der Waals surface area contributed by atoms with Crippen molar-refractivity contribution in [1.29, 1.82) is 0 Å². The lowest BCUT2D eigenvalue weighted by Crippen LogP contribution is -2.46. The molecule has 0 spiro atoms. The van der Waals surface area contributed by atoms with Gasteiger partial charge < -0.3 is 5.32 Å². The normalized spacial score (nSPS) is 33.0. The minimum Gasteiger partial charge on any atom is -0.311 e. The second-order valence-corrected chi connectivity index (χ2v) is 6.96. The summed E-state index contributed by atoms with van der Waals surface area (Å²) in [6, 6.07) is 2.32. The monoisotopic (exact) mass is 242 g/mol. The van der Waals surface area contributed by atoms with Crippen LogP contribution < -0.4 is 5.32 Å². The second-order valence-electron chi connectivity index (χ2n) is 5.48. The molecule has 0 amide bonds. The number of rotatable bonds is 5. The molecule has 2 nitrogen and oxygen atoms in total. The van der Waals surface area contributed by atoms with E-state index in [0.29, 0.717) is 6.04 Å². The van der Waals surface area contributed by atoms with E-state index in [1.54, 1.807) is 0 Å². The van der Waals surface area contributed by atoms with Crippen LogP contribution in [0.2, 0.25) is 0 Å². The van der Waals surface area contributed by atoms with Gasteiger partial charge in [-0.15, -0.1) is 0 Å². The summed E-state index contributed by atoms with van der Waals surface area (Å²) in [6.07, 6.45) is 5.58. The maximum Gasteiger partial charge on any atom is 0.0192 e. The number of hydrogen-bond donors (Lipinski definition) is 1. The van der Waals surface area contributed by atoms with Gasteiger partial charge in [-0.05, 0) is 45.4 Å². The Labute approximate surface area is 105 Å². The van der Waals surface area contributed by atoms with Crippen LogP contribution in [0.15, 0.2) is 0 Å². The van der Waals surface area contributed by atoms with Gasteiger partial charge in [-0.3, -0.25) is 4.90 Å². The van der Waals surface area contributed by atoms with Gasteiger partial charge in [0.25, 0.3) is 0 Å². The molecule has 1 aliphatic heterocycles. The largest absolute Gasteiger partial charge is 0.311 e. The van der Waals surface area contributed by atoms with E-state index in [-0.39, 0.29) is 0 Å². The minimum atomic E-state index is 0.687. The number of nitrogens with zero attached hydrogens (tertiary/aromatic N) is 1. The molecule has 2 aliphatic rings. The Morgan fingerprint density at radius 2 is 2.12 bits per heavy atom. The summed E-state index contributed by atoms with van der Waals surface area (Å²) in [4.78, 5) is 2.55. The zero-order valence-electron chi connectivity index (χ0n) is 10.9. The van der Waals surface area contributed by atoms with Gasteiger partial charge in [-0.2, -0.15) is 11.8 Å². The van der Waals surface area contributed by atoms with Crippen molar-refractivity contribution in [3.05, 3.63) is 0 Å². The maximum absolute atomic E-state index is 3.77. The van der Waals surface area contributed by atoms with E-state index >= 15 is 0 Å². The third-order valence-electron chi connectivity index (χ3n) is 4.10. The summed E-state index contributed by atoms with van der Waals surface area (Å²) in [5.74, 6) is 1.36. The summed E-state index contributed by atoms with van der Waals surface area (Å²) >= 11 is 2.13. The number of likely N-dealkylation sites (N-methyl/N-ethyl adjacent to an activating group) is 1. The molecule has 0 radical (unpaired) electrons. The molecule has 94 valence electrons. The van der Waals surface area contributed by atoms with E-state index in [9.17, 15) is 0 Å². The fourth-order valence-corrected chi connectivity index (χ4v) is 3.67. The van der Waals surface area contributed by atoms with Crippen molar-refractivity contribution in [2.45, 2.75) is 62.9 Å². The highest BCUT2D eigenvalue weighted by atomic mass is 32.2. The molecule has 0 aromatic carbocycles. The van der Waals surface area contributed by atoms with Gasteiger partial charge in [0, 0.05) is 29.9 Å². The van der Waals surface area contributed by atoms with E-state index < -0.39 is 0 Å². The van der Waals surface area contributed by atoms with E-state index in [1.165, 1.54) is 31.4 Å². The predicted molar refractivity (Wildman–Crippen MR) is 73.2 cm³/mol. The zero-order valence-corrected chi connectivity index (χ0v) is 11.7. The number of hydrogen-bond acceptors (Lipinski definition) is 3. The molecule has 2 rings (SSSR count). The van der Waals surface area contributed by atoms with Crippen LogP contribution in [0.5, 0.6) is 0 Å². The topological polar surface area (TPSA) is 15.3 Å². The Balaban J connectivity index is 1.68. The van der Waals surface area contributed by atoms with Crippen LogP contribution in [0.25, 0.3) is 0 Å². The van der Waals surface area contributed by atoms with Crippen molar-refractivity contribution in [2.24, 2.45) is 0 Å². The van der Waals surface area contributed by atoms with Gasteiger partial charge in [0.15, 0.2) is 0 Å². The van der Waals surface area contributed by atoms with E-state index in [2.05, 4.69) is 42.9 Å². The first kappa shape index (κ1) is 12.7. The lowest BCUT2D eigenvalue weighted by molar-refractivity contribution is 0.233. The summed E-state index contributed by atoms with van der Waals surface area (Å²) < 4.78 is 0. The molecule has 0 aromatic heterocycles. The molecule has 1 heterocycles. The van der Waals surface area contributed by atoms with Crippen molar-refractivity contribution in [2.75, 3.05) is 19.3 Å². The Hall–Kier alpha value is 0.270. The van der Waals surface area contributed by atoms with Crippen LogP contribution in [0.1, 0.15) is 39.5 Å². The summed E-state index contributed by atoms with van der Waals surface area (Å²) in [5, 5.41) is 4.57. The van der Waals surface area contributed by atoms with Crippen molar-refractivity contribution < 1.29 is 0 Å². The Bertz CT molecular complexity index is 218. The smallest absolute Gasteiger partial charge is 0.0192 e. The van der Waals surface area contributed by atoms with Crippen LogP contribution in [0.3, 0.4) is 0 Å². The molecule has 1 saturated carbocycles. The van der Waals surface area contributed by atoms with Gasteiger partial charge in [0.1, 0.15) is 0 Å². The molecule has 1 saturated heterocycles. The fourth-order valence-electron chi connectivity index (χ4n) is 2.50.